The van der Waals surface area contributed by atoms with Gasteiger partial charge in [-0.3, -0.25) is 4.79 Å². The number of sulfone groups is 1. The average Bonchev–Trinajstić information content (AvgIpc) is 1.84. The second-order valence-electron chi connectivity index (χ2n) is 3.85. The van der Waals surface area contributed by atoms with E-state index in [0.717, 1.165) is 0 Å². The summed E-state index contributed by atoms with van der Waals surface area (Å²) in [5, 5.41) is 0. The first-order chi connectivity index (χ1) is 4.65. The Morgan fingerprint density at radius 3 is 1.36 bits per heavy atom. The molecule has 0 atom stereocenters. The number of carbonyl (C=O) groups excluding carboxylic acids is 1. The first kappa shape index (κ1) is 8.71. The van der Waals surface area contributed by atoms with Crippen LogP contribution in [0.15, 0.2) is 0 Å². The minimum Gasteiger partial charge on any atom is -0.296 e. The second kappa shape index (κ2) is 1.68. The quantitative estimate of drug-likeness (QED) is 0.541. The van der Waals surface area contributed by atoms with Gasteiger partial charge < -0.3 is 0 Å². The molecule has 0 saturated carbocycles. The van der Waals surface area contributed by atoms with Gasteiger partial charge in [-0.05, 0) is 27.7 Å². The molecule has 1 aliphatic heterocycles. The van der Waals surface area contributed by atoms with Crippen LogP contribution in [0.5, 0.6) is 0 Å². The van der Waals surface area contributed by atoms with Crippen molar-refractivity contribution in [3.63, 3.8) is 0 Å². The molecule has 1 aliphatic rings. The minimum absolute atomic E-state index is 0.190. The molecule has 4 heteroatoms. The van der Waals surface area contributed by atoms with E-state index in [4.69, 9.17) is 0 Å². The SMILES string of the molecule is CC1(C)C(=O)C(C)(C)S1(=O)=O. The van der Waals surface area contributed by atoms with Crippen molar-refractivity contribution < 1.29 is 13.2 Å². The van der Waals surface area contributed by atoms with Crippen molar-refractivity contribution in [3.05, 3.63) is 0 Å². The number of Topliss-reactive ketones (excluding diaryl/α,β-unsaturated/α-hetero) is 1. The summed E-state index contributed by atoms with van der Waals surface area (Å²) in [4.78, 5) is 11.2. The molecule has 0 amide bonds. The fraction of sp³-hybridized carbons (Fsp3) is 0.857. The zero-order valence-electron chi connectivity index (χ0n) is 7.13. The zero-order chi connectivity index (χ0) is 9.08. The number of hydrogen-bond acceptors (Lipinski definition) is 3. The Hall–Kier alpha value is -0.380. The van der Waals surface area contributed by atoms with E-state index < -0.39 is 19.3 Å². The van der Waals surface area contributed by atoms with Crippen LogP contribution >= 0.6 is 0 Å². The van der Waals surface area contributed by atoms with Crippen molar-refractivity contribution in [1.82, 2.24) is 0 Å². The van der Waals surface area contributed by atoms with E-state index >= 15 is 0 Å². The van der Waals surface area contributed by atoms with Gasteiger partial charge in [0.25, 0.3) is 0 Å². The Morgan fingerprint density at radius 2 is 1.27 bits per heavy atom. The van der Waals surface area contributed by atoms with Gasteiger partial charge in [0, 0.05) is 0 Å². The average molecular weight is 176 g/mol. The fourth-order valence-electron chi connectivity index (χ4n) is 1.56. The monoisotopic (exact) mass is 176 g/mol. The van der Waals surface area contributed by atoms with Gasteiger partial charge in [0.15, 0.2) is 15.6 Å². The van der Waals surface area contributed by atoms with Gasteiger partial charge in [0.05, 0.1) is 0 Å². The maximum atomic E-state index is 11.4. The predicted molar refractivity (Wildman–Crippen MR) is 42.1 cm³/mol. The molecule has 0 radical (unpaired) electrons. The van der Waals surface area contributed by atoms with Crippen molar-refractivity contribution in [1.29, 1.82) is 0 Å². The van der Waals surface area contributed by atoms with E-state index in [-0.39, 0.29) is 5.78 Å². The van der Waals surface area contributed by atoms with E-state index in [2.05, 4.69) is 0 Å². The summed E-state index contributed by atoms with van der Waals surface area (Å²) in [5.41, 5.74) is 0. The lowest BCUT2D eigenvalue weighted by atomic mass is 9.95. The zero-order valence-corrected chi connectivity index (χ0v) is 7.95. The Kier molecular flexibility index (Phi) is 1.33. The van der Waals surface area contributed by atoms with Crippen LogP contribution in [-0.2, 0) is 14.6 Å². The molecule has 64 valence electrons. The molecule has 0 aromatic rings. The van der Waals surface area contributed by atoms with Crippen molar-refractivity contribution in [2.45, 2.75) is 37.2 Å². The highest BCUT2D eigenvalue weighted by Gasteiger charge is 2.67. The van der Waals surface area contributed by atoms with Gasteiger partial charge >= 0.3 is 0 Å². The largest absolute Gasteiger partial charge is 0.296 e. The van der Waals surface area contributed by atoms with Crippen LogP contribution in [0.4, 0.5) is 0 Å². The first-order valence-electron chi connectivity index (χ1n) is 3.45. The molecule has 0 unspecified atom stereocenters. The standard InChI is InChI=1S/C7H12O3S/c1-6(2)5(8)7(3,4)11(6,9)10/h1-4H3. The molecule has 1 heterocycles. The molecular weight excluding hydrogens is 164 g/mol. The summed E-state index contributed by atoms with van der Waals surface area (Å²) in [6.45, 7) is 5.82. The highest BCUT2D eigenvalue weighted by Crippen LogP contribution is 2.44. The molecule has 0 aromatic carbocycles. The molecule has 0 aliphatic carbocycles. The van der Waals surface area contributed by atoms with Gasteiger partial charge in [-0.2, -0.15) is 0 Å². The van der Waals surface area contributed by atoms with Crippen molar-refractivity contribution in [2.24, 2.45) is 0 Å². The molecule has 1 rings (SSSR count). The summed E-state index contributed by atoms with van der Waals surface area (Å²) >= 11 is 0. The Morgan fingerprint density at radius 1 is 1.00 bits per heavy atom. The smallest absolute Gasteiger partial charge is 0.174 e. The van der Waals surface area contributed by atoms with Crippen molar-refractivity contribution >= 4 is 15.6 Å². The van der Waals surface area contributed by atoms with Crippen LogP contribution in [0.2, 0.25) is 0 Å². The van der Waals surface area contributed by atoms with E-state index in [1.54, 1.807) is 0 Å². The fourth-order valence-corrected chi connectivity index (χ4v) is 3.68. The lowest BCUT2D eigenvalue weighted by Crippen LogP contribution is -2.69. The lowest BCUT2D eigenvalue weighted by Gasteiger charge is -2.45. The number of ketones is 1. The van der Waals surface area contributed by atoms with E-state index in [9.17, 15) is 13.2 Å². The van der Waals surface area contributed by atoms with E-state index in [1.807, 2.05) is 0 Å². The third-order valence-electron chi connectivity index (χ3n) is 2.44. The summed E-state index contributed by atoms with van der Waals surface area (Å²) in [7, 11) is -3.24. The third kappa shape index (κ3) is 0.637. The van der Waals surface area contributed by atoms with Crippen LogP contribution < -0.4 is 0 Å². The van der Waals surface area contributed by atoms with Gasteiger partial charge in [0.1, 0.15) is 9.49 Å². The molecule has 1 saturated heterocycles. The van der Waals surface area contributed by atoms with Gasteiger partial charge in [-0.15, -0.1) is 0 Å². The number of hydrogen-bond donors (Lipinski definition) is 0. The van der Waals surface area contributed by atoms with Crippen molar-refractivity contribution in [2.75, 3.05) is 0 Å². The summed E-state index contributed by atoms with van der Waals surface area (Å²) < 4.78 is 20.5. The van der Waals surface area contributed by atoms with Crippen molar-refractivity contribution in [3.8, 4) is 0 Å². The Labute approximate surface area is 66.7 Å². The first-order valence-corrected chi connectivity index (χ1v) is 4.93. The summed E-state index contributed by atoms with van der Waals surface area (Å²) in [5.74, 6) is -0.190. The molecule has 0 N–H and O–H groups in total. The summed E-state index contributed by atoms with van der Waals surface area (Å²) in [6.07, 6.45) is 0. The van der Waals surface area contributed by atoms with Crippen LogP contribution in [-0.4, -0.2) is 23.7 Å². The Bertz CT molecular complexity index is 285. The topological polar surface area (TPSA) is 51.2 Å². The van der Waals surface area contributed by atoms with Crippen LogP contribution in [0.1, 0.15) is 27.7 Å². The second-order valence-corrected chi connectivity index (χ2v) is 6.90. The molecule has 0 bridgehead atoms. The van der Waals surface area contributed by atoms with Gasteiger partial charge in [-0.1, -0.05) is 0 Å². The van der Waals surface area contributed by atoms with Crippen LogP contribution in [0, 0.1) is 0 Å². The molecule has 1 fully saturated rings. The highest BCUT2D eigenvalue weighted by molar-refractivity contribution is 7.98. The normalized spacial score (nSPS) is 31.1. The molecular formula is C7H12O3S. The molecule has 0 spiro atoms. The number of rotatable bonds is 0. The molecule has 3 nitrogen and oxygen atoms in total. The van der Waals surface area contributed by atoms with E-state index in [1.165, 1.54) is 27.7 Å². The molecule has 11 heavy (non-hydrogen) atoms. The predicted octanol–water partition coefficient (Wildman–Crippen LogP) is 0.541. The maximum Gasteiger partial charge on any atom is 0.174 e. The highest BCUT2D eigenvalue weighted by atomic mass is 32.2. The number of carbonyl (C=O) groups is 1. The van der Waals surface area contributed by atoms with E-state index in [0.29, 0.717) is 0 Å². The molecule has 0 aromatic heterocycles. The van der Waals surface area contributed by atoms with Crippen LogP contribution in [0.3, 0.4) is 0 Å². The maximum absolute atomic E-state index is 11.4. The van der Waals surface area contributed by atoms with Gasteiger partial charge in [-0.25, -0.2) is 8.42 Å². The lowest BCUT2D eigenvalue weighted by molar-refractivity contribution is -0.125. The third-order valence-corrected chi connectivity index (χ3v) is 5.50. The Balaban J connectivity index is 3.31. The van der Waals surface area contributed by atoms with Crippen LogP contribution in [0.25, 0.3) is 0 Å². The minimum atomic E-state index is -3.24. The summed E-state index contributed by atoms with van der Waals surface area (Å²) in [6, 6.07) is 0. The van der Waals surface area contributed by atoms with Gasteiger partial charge in [0.2, 0.25) is 0 Å².